The Kier molecular flexibility index (Phi) is 3.77. The predicted octanol–water partition coefficient (Wildman–Crippen LogP) is 4.58. The Morgan fingerprint density at radius 1 is 0.808 bits per heavy atom. The second kappa shape index (κ2) is 6.11. The summed E-state index contributed by atoms with van der Waals surface area (Å²) in [6, 6.07) is 18.5. The molecule has 1 aromatic heterocycles. The van der Waals surface area contributed by atoms with Crippen molar-refractivity contribution < 1.29 is 4.39 Å². The van der Waals surface area contributed by atoms with Crippen molar-refractivity contribution in [3.8, 4) is 22.3 Å². The van der Waals surface area contributed by atoms with Crippen molar-refractivity contribution in [3.05, 3.63) is 72.0 Å². The molecule has 0 aliphatic rings. The van der Waals surface area contributed by atoms with E-state index in [2.05, 4.69) is 16.0 Å². The fraction of sp³-hybridized carbons (Fsp3) is 0.0476. The second-order valence-electron chi connectivity index (χ2n) is 6.19. The number of aryl methyl sites for hydroxylation is 1. The maximum Gasteiger partial charge on any atom is 0.222 e. The Balaban J connectivity index is 1.87. The van der Waals surface area contributed by atoms with Crippen LogP contribution in [0.3, 0.4) is 0 Å². The van der Waals surface area contributed by atoms with Gasteiger partial charge in [0.2, 0.25) is 5.95 Å². The molecular formula is C21H17FN4. The van der Waals surface area contributed by atoms with Gasteiger partial charge in [0.1, 0.15) is 11.6 Å². The van der Waals surface area contributed by atoms with Crippen LogP contribution in [0.2, 0.25) is 0 Å². The molecule has 0 saturated heterocycles. The van der Waals surface area contributed by atoms with Gasteiger partial charge >= 0.3 is 0 Å². The molecule has 4 aromatic rings. The number of fused-ring (bicyclic) bond motifs is 1. The zero-order valence-corrected chi connectivity index (χ0v) is 14.2. The SMILES string of the molecule is Cc1c(-c2cccc(-c3ccc(F)cc3)c2)ccc2nc(N)nc(N)c12. The first kappa shape index (κ1) is 16.0. The summed E-state index contributed by atoms with van der Waals surface area (Å²) < 4.78 is 13.2. The highest BCUT2D eigenvalue weighted by atomic mass is 19.1. The number of hydrogen-bond donors (Lipinski definition) is 2. The third kappa shape index (κ3) is 2.73. The summed E-state index contributed by atoms with van der Waals surface area (Å²) in [7, 11) is 0. The fourth-order valence-corrected chi connectivity index (χ4v) is 3.26. The van der Waals surface area contributed by atoms with Crippen molar-refractivity contribution in [2.75, 3.05) is 11.5 Å². The summed E-state index contributed by atoms with van der Waals surface area (Å²) in [5, 5.41) is 0.809. The number of nitrogen functional groups attached to an aromatic ring is 2. The smallest absolute Gasteiger partial charge is 0.222 e. The molecule has 0 radical (unpaired) electrons. The van der Waals surface area contributed by atoms with E-state index in [4.69, 9.17) is 11.5 Å². The van der Waals surface area contributed by atoms with Crippen molar-refractivity contribution in [2.24, 2.45) is 0 Å². The van der Waals surface area contributed by atoms with Crippen molar-refractivity contribution in [1.82, 2.24) is 9.97 Å². The molecule has 0 spiro atoms. The van der Waals surface area contributed by atoms with Crippen LogP contribution in [0.15, 0.2) is 60.7 Å². The molecule has 0 amide bonds. The zero-order chi connectivity index (χ0) is 18.3. The minimum atomic E-state index is -0.245. The molecule has 0 atom stereocenters. The van der Waals surface area contributed by atoms with E-state index in [9.17, 15) is 4.39 Å². The summed E-state index contributed by atoms with van der Waals surface area (Å²) in [4.78, 5) is 8.34. The third-order valence-corrected chi connectivity index (χ3v) is 4.52. The molecule has 0 bridgehead atoms. The quantitative estimate of drug-likeness (QED) is 0.558. The predicted molar refractivity (Wildman–Crippen MR) is 104 cm³/mol. The Bertz CT molecular complexity index is 1120. The molecule has 5 heteroatoms. The average Bonchev–Trinajstić information content (AvgIpc) is 2.62. The summed E-state index contributed by atoms with van der Waals surface area (Å²) >= 11 is 0. The lowest BCUT2D eigenvalue weighted by atomic mass is 9.94. The van der Waals surface area contributed by atoms with Crippen LogP contribution in [0, 0.1) is 12.7 Å². The number of nitrogens with two attached hydrogens (primary N) is 2. The zero-order valence-electron chi connectivity index (χ0n) is 14.2. The van der Waals surface area contributed by atoms with Crippen molar-refractivity contribution in [1.29, 1.82) is 0 Å². The lowest BCUT2D eigenvalue weighted by Gasteiger charge is -2.12. The van der Waals surface area contributed by atoms with E-state index in [-0.39, 0.29) is 11.8 Å². The second-order valence-corrected chi connectivity index (χ2v) is 6.19. The Hall–Kier alpha value is -3.47. The van der Waals surface area contributed by atoms with Crippen molar-refractivity contribution >= 4 is 22.7 Å². The third-order valence-electron chi connectivity index (χ3n) is 4.52. The number of nitrogens with zero attached hydrogens (tertiary/aromatic N) is 2. The highest BCUT2D eigenvalue weighted by molar-refractivity contribution is 5.96. The topological polar surface area (TPSA) is 77.8 Å². The largest absolute Gasteiger partial charge is 0.383 e. The van der Waals surface area contributed by atoms with Gasteiger partial charge in [-0.1, -0.05) is 36.4 Å². The van der Waals surface area contributed by atoms with Gasteiger partial charge in [0, 0.05) is 5.39 Å². The van der Waals surface area contributed by atoms with E-state index in [1.807, 2.05) is 37.3 Å². The van der Waals surface area contributed by atoms with Gasteiger partial charge in [0.15, 0.2) is 0 Å². The number of anilines is 2. The molecule has 4 N–H and O–H groups in total. The van der Waals surface area contributed by atoms with Gasteiger partial charge < -0.3 is 11.5 Å². The number of benzene rings is 3. The van der Waals surface area contributed by atoms with E-state index in [0.29, 0.717) is 5.82 Å². The first-order valence-electron chi connectivity index (χ1n) is 8.21. The molecule has 0 saturated carbocycles. The number of halogens is 1. The highest BCUT2D eigenvalue weighted by Gasteiger charge is 2.12. The van der Waals surface area contributed by atoms with Crippen LogP contribution in [0.5, 0.6) is 0 Å². The lowest BCUT2D eigenvalue weighted by molar-refractivity contribution is 0.628. The normalized spacial score (nSPS) is 11.0. The van der Waals surface area contributed by atoms with E-state index in [1.54, 1.807) is 12.1 Å². The van der Waals surface area contributed by atoms with Gasteiger partial charge in [-0.25, -0.2) is 9.37 Å². The van der Waals surface area contributed by atoms with Crippen LogP contribution < -0.4 is 11.5 Å². The molecule has 0 aliphatic heterocycles. The van der Waals surface area contributed by atoms with Crippen LogP contribution >= 0.6 is 0 Å². The van der Waals surface area contributed by atoms with E-state index in [0.717, 1.165) is 38.7 Å². The molecule has 26 heavy (non-hydrogen) atoms. The van der Waals surface area contributed by atoms with Crippen LogP contribution in [-0.2, 0) is 0 Å². The molecule has 4 nitrogen and oxygen atoms in total. The molecular weight excluding hydrogens is 327 g/mol. The highest BCUT2D eigenvalue weighted by Crippen LogP contribution is 2.33. The van der Waals surface area contributed by atoms with Crippen molar-refractivity contribution in [3.63, 3.8) is 0 Å². The van der Waals surface area contributed by atoms with Gasteiger partial charge in [-0.2, -0.15) is 4.98 Å². The summed E-state index contributed by atoms with van der Waals surface area (Å²) in [6.07, 6.45) is 0. The Labute approximate surface area is 150 Å². The first-order valence-corrected chi connectivity index (χ1v) is 8.21. The maximum atomic E-state index is 13.2. The summed E-state index contributed by atoms with van der Waals surface area (Å²) in [5.41, 5.74) is 17.6. The molecule has 0 fully saturated rings. The van der Waals surface area contributed by atoms with Crippen LogP contribution in [0.1, 0.15) is 5.56 Å². The fourth-order valence-electron chi connectivity index (χ4n) is 3.26. The monoisotopic (exact) mass is 344 g/mol. The van der Waals surface area contributed by atoms with E-state index < -0.39 is 0 Å². The molecule has 3 aromatic carbocycles. The number of aromatic nitrogens is 2. The summed E-state index contributed by atoms with van der Waals surface area (Å²) in [6.45, 7) is 2.00. The molecule has 0 aliphatic carbocycles. The lowest BCUT2D eigenvalue weighted by Crippen LogP contribution is -2.02. The number of hydrogen-bond acceptors (Lipinski definition) is 4. The Morgan fingerprint density at radius 2 is 1.54 bits per heavy atom. The van der Waals surface area contributed by atoms with Crippen LogP contribution in [-0.4, -0.2) is 9.97 Å². The van der Waals surface area contributed by atoms with Gasteiger partial charge in [-0.05, 0) is 59.0 Å². The standard InChI is InChI=1S/C21H17FN4/c1-12-17(9-10-18-19(12)20(23)26-21(24)25-18)15-4-2-3-14(11-15)13-5-7-16(22)8-6-13/h2-11H,1H3,(H4,23,24,25,26). The van der Waals surface area contributed by atoms with Crippen LogP contribution in [0.25, 0.3) is 33.2 Å². The minimum absolute atomic E-state index is 0.167. The number of rotatable bonds is 2. The molecule has 4 rings (SSSR count). The van der Waals surface area contributed by atoms with Gasteiger partial charge in [-0.3, -0.25) is 0 Å². The van der Waals surface area contributed by atoms with Crippen LogP contribution in [0.4, 0.5) is 16.2 Å². The summed E-state index contributed by atoms with van der Waals surface area (Å²) in [5.74, 6) is 0.298. The first-order chi connectivity index (χ1) is 12.5. The van der Waals surface area contributed by atoms with Gasteiger partial charge in [-0.15, -0.1) is 0 Å². The average molecular weight is 344 g/mol. The van der Waals surface area contributed by atoms with E-state index in [1.165, 1.54) is 12.1 Å². The minimum Gasteiger partial charge on any atom is -0.383 e. The van der Waals surface area contributed by atoms with E-state index >= 15 is 0 Å². The molecule has 128 valence electrons. The van der Waals surface area contributed by atoms with Gasteiger partial charge in [0.05, 0.1) is 5.52 Å². The molecule has 1 heterocycles. The van der Waals surface area contributed by atoms with Crippen molar-refractivity contribution in [2.45, 2.75) is 6.92 Å². The van der Waals surface area contributed by atoms with Gasteiger partial charge in [0.25, 0.3) is 0 Å². The maximum absolute atomic E-state index is 13.2. The molecule has 0 unspecified atom stereocenters. The Morgan fingerprint density at radius 3 is 2.31 bits per heavy atom.